The van der Waals surface area contributed by atoms with Gasteiger partial charge in [0.15, 0.2) is 0 Å². The molecule has 9 heteroatoms. The number of hydrogen-bond donors (Lipinski definition) is 1. The molecule has 0 radical (unpaired) electrons. The van der Waals surface area contributed by atoms with Crippen LogP contribution in [-0.2, 0) is 10.0 Å². The van der Waals surface area contributed by atoms with Gasteiger partial charge >= 0.3 is 0 Å². The van der Waals surface area contributed by atoms with Gasteiger partial charge in [-0.1, -0.05) is 60.7 Å². The zero-order valence-electron chi connectivity index (χ0n) is 21.0. The molecule has 0 saturated heterocycles. The first-order valence-corrected chi connectivity index (χ1v) is 13.9. The van der Waals surface area contributed by atoms with Crippen molar-refractivity contribution in [3.05, 3.63) is 133 Å². The van der Waals surface area contributed by atoms with E-state index in [1.165, 1.54) is 36.7 Å². The van der Waals surface area contributed by atoms with E-state index in [0.29, 0.717) is 17.1 Å². The molecule has 6 rings (SSSR count). The Labute approximate surface area is 230 Å². The van der Waals surface area contributed by atoms with Crippen LogP contribution in [0.2, 0.25) is 0 Å². The first-order chi connectivity index (χ1) is 19.5. The van der Waals surface area contributed by atoms with Gasteiger partial charge in [0.2, 0.25) is 5.95 Å². The quantitative estimate of drug-likeness (QED) is 0.243. The summed E-state index contributed by atoms with van der Waals surface area (Å²) in [5.41, 5.74) is 4.78. The summed E-state index contributed by atoms with van der Waals surface area (Å²) >= 11 is 0. The van der Waals surface area contributed by atoms with Crippen LogP contribution in [-0.4, -0.2) is 27.9 Å². The lowest BCUT2D eigenvalue weighted by atomic mass is 10.0. The second kappa shape index (κ2) is 10.5. The van der Waals surface area contributed by atoms with E-state index in [0.717, 1.165) is 22.5 Å². The van der Waals surface area contributed by atoms with Crippen molar-refractivity contribution in [3.63, 3.8) is 0 Å². The minimum Gasteiger partial charge on any atom is -0.292 e. The second-order valence-electron chi connectivity index (χ2n) is 8.88. The number of anilines is 1. The minimum atomic E-state index is -3.92. The highest BCUT2D eigenvalue weighted by Gasteiger charge is 2.23. The maximum atomic E-state index is 13.9. The van der Waals surface area contributed by atoms with Gasteiger partial charge in [0.1, 0.15) is 11.6 Å². The Morgan fingerprint density at radius 3 is 1.88 bits per heavy atom. The van der Waals surface area contributed by atoms with Crippen LogP contribution >= 0.6 is 0 Å². The van der Waals surface area contributed by atoms with E-state index in [1.54, 1.807) is 30.3 Å². The minimum absolute atomic E-state index is 0.0151. The maximum Gasteiger partial charge on any atom is 0.264 e. The van der Waals surface area contributed by atoms with Gasteiger partial charge in [0.05, 0.1) is 16.3 Å². The van der Waals surface area contributed by atoms with Gasteiger partial charge in [0, 0.05) is 34.8 Å². The summed E-state index contributed by atoms with van der Waals surface area (Å²) in [5, 5.41) is 0. The molecular weight excluding hydrogens is 525 g/mol. The van der Waals surface area contributed by atoms with E-state index >= 15 is 0 Å². The molecule has 2 aromatic heterocycles. The Bertz CT molecular complexity index is 1860. The first kappa shape index (κ1) is 25.1. The molecule has 196 valence electrons. The van der Waals surface area contributed by atoms with Gasteiger partial charge in [-0.3, -0.25) is 4.57 Å². The predicted octanol–water partition coefficient (Wildman–Crippen LogP) is 6.60. The fourth-order valence-electron chi connectivity index (χ4n) is 4.43. The summed E-state index contributed by atoms with van der Waals surface area (Å²) in [4.78, 5) is 13.0. The largest absolute Gasteiger partial charge is 0.292 e. The maximum absolute atomic E-state index is 13.9. The third-order valence-corrected chi connectivity index (χ3v) is 7.62. The highest BCUT2D eigenvalue weighted by atomic mass is 32.2. The van der Waals surface area contributed by atoms with Crippen molar-refractivity contribution in [2.45, 2.75) is 4.90 Å². The highest BCUT2D eigenvalue weighted by molar-refractivity contribution is 7.92. The van der Waals surface area contributed by atoms with Gasteiger partial charge < -0.3 is 0 Å². The van der Waals surface area contributed by atoms with E-state index in [9.17, 15) is 12.8 Å². The lowest BCUT2D eigenvalue weighted by Crippen LogP contribution is -2.15. The number of benzene rings is 4. The third-order valence-electron chi connectivity index (χ3n) is 6.27. The zero-order chi connectivity index (χ0) is 27.5. The molecule has 0 aliphatic heterocycles. The summed E-state index contributed by atoms with van der Waals surface area (Å²) < 4.78 is 44.2. The highest BCUT2D eigenvalue weighted by Crippen LogP contribution is 2.38. The number of nitrogens with zero attached hydrogens (tertiary/aromatic N) is 4. The molecule has 0 bridgehead atoms. The van der Waals surface area contributed by atoms with Gasteiger partial charge in [0.25, 0.3) is 10.0 Å². The second-order valence-corrected chi connectivity index (χ2v) is 10.6. The van der Waals surface area contributed by atoms with Gasteiger partial charge in [-0.05, 0) is 54.6 Å². The summed E-state index contributed by atoms with van der Waals surface area (Å²) in [6.45, 7) is 0. The molecule has 6 aromatic rings. The van der Waals surface area contributed by atoms with Crippen molar-refractivity contribution in [1.82, 2.24) is 19.5 Å². The Hall–Kier alpha value is -5.15. The van der Waals surface area contributed by atoms with Crippen LogP contribution < -0.4 is 4.72 Å². The normalized spacial score (nSPS) is 11.3. The predicted molar refractivity (Wildman–Crippen MR) is 153 cm³/mol. The van der Waals surface area contributed by atoms with Crippen molar-refractivity contribution in [3.8, 4) is 39.6 Å². The molecule has 0 fully saturated rings. The molecule has 2 heterocycles. The van der Waals surface area contributed by atoms with Gasteiger partial charge in [-0.2, -0.15) is 0 Å². The monoisotopic (exact) mass is 547 g/mol. The van der Waals surface area contributed by atoms with Crippen LogP contribution in [0.25, 0.3) is 39.6 Å². The molecule has 40 heavy (non-hydrogen) atoms. The van der Waals surface area contributed by atoms with Crippen LogP contribution in [0.5, 0.6) is 0 Å². The molecule has 0 aliphatic carbocycles. The number of hydrogen-bond acceptors (Lipinski definition) is 5. The number of nitrogens with one attached hydrogen (secondary N) is 1. The topological polar surface area (TPSA) is 89.8 Å². The van der Waals surface area contributed by atoms with Crippen LogP contribution in [0.1, 0.15) is 0 Å². The van der Waals surface area contributed by atoms with Crippen LogP contribution in [0.4, 0.5) is 10.3 Å². The van der Waals surface area contributed by atoms with E-state index in [4.69, 9.17) is 4.98 Å². The zero-order valence-corrected chi connectivity index (χ0v) is 21.8. The van der Waals surface area contributed by atoms with E-state index in [1.807, 2.05) is 65.2 Å². The number of imidazole rings is 1. The molecule has 0 atom stereocenters. The summed E-state index contributed by atoms with van der Waals surface area (Å²) in [6.07, 6.45) is 2.92. The molecule has 4 aromatic carbocycles. The SMILES string of the molecule is O=S(=O)(Nc1ncccn1)c1ccc(-n2c(-c3ccc(F)cc3)nc(-c3ccccc3)c2-c2ccccc2)cc1. The Morgan fingerprint density at radius 1 is 0.650 bits per heavy atom. The Morgan fingerprint density at radius 2 is 1.25 bits per heavy atom. The lowest BCUT2D eigenvalue weighted by Gasteiger charge is -2.14. The molecule has 1 N–H and O–H groups in total. The first-order valence-electron chi connectivity index (χ1n) is 12.4. The fourth-order valence-corrected chi connectivity index (χ4v) is 5.39. The number of aromatic nitrogens is 4. The van der Waals surface area contributed by atoms with E-state index in [2.05, 4.69) is 14.7 Å². The molecule has 0 unspecified atom stereocenters. The van der Waals surface area contributed by atoms with Crippen molar-refractivity contribution in [1.29, 1.82) is 0 Å². The average Bonchev–Trinajstić information content (AvgIpc) is 3.39. The van der Waals surface area contributed by atoms with E-state index in [-0.39, 0.29) is 16.7 Å². The third kappa shape index (κ3) is 4.97. The number of sulfonamides is 1. The smallest absolute Gasteiger partial charge is 0.264 e. The van der Waals surface area contributed by atoms with Crippen LogP contribution in [0.3, 0.4) is 0 Å². The standard InChI is InChI=1S/C31H22FN5O2S/c32-25-14-12-24(13-15-25)30-35-28(22-8-3-1-4-9-22)29(23-10-5-2-6-11-23)37(30)26-16-18-27(19-17-26)40(38,39)36-31-33-20-7-21-34-31/h1-21H,(H,33,34,36). The van der Waals surface area contributed by atoms with Crippen molar-refractivity contribution in [2.24, 2.45) is 0 Å². The molecule has 0 saturated carbocycles. The Kier molecular flexibility index (Phi) is 6.63. The number of halogens is 1. The molecular formula is C31H22FN5O2S. The number of rotatable bonds is 7. The average molecular weight is 548 g/mol. The van der Waals surface area contributed by atoms with Crippen LogP contribution in [0.15, 0.2) is 133 Å². The summed E-state index contributed by atoms with van der Waals surface area (Å²) in [5.74, 6) is 0.223. The Balaban J connectivity index is 1.54. The van der Waals surface area contributed by atoms with E-state index < -0.39 is 10.0 Å². The summed E-state index contributed by atoms with van der Waals surface area (Å²) in [7, 11) is -3.92. The van der Waals surface area contributed by atoms with Gasteiger partial charge in [-0.25, -0.2) is 32.5 Å². The molecule has 0 amide bonds. The lowest BCUT2D eigenvalue weighted by molar-refractivity contribution is 0.600. The van der Waals surface area contributed by atoms with Crippen molar-refractivity contribution < 1.29 is 12.8 Å². The molecule has 7 nitrogen and oxygen atoms in total. The van der Waals surface area contributed by atoms with Gasteiger partial charge in [-0.15, -0.1) is 0 Å². The fraction of sp³-hybridized carbons (Fsp3) is 0. The van der Waals surface area contributed by atoms with Crippen molar-refractivity contribution in [2.75, 3.05) is 4.72 Å². The molecule has 0 spiro atoms. The summed E-state index contributed by atoms with van der Waals surface area (Å²) in [6, 6.07) is 33.9. The van der Waals surface area contributed by atoms with Crippen LogP contribution in [0, 0.1) is 5.82 Å². The van der Waals surface area contributed by atoms with Crippen molar-refractivity contribution >= 4 is 16.0 Å². The molecule has 0 aliphatic rings.